The van der Waals surface area contributed by atoms with E-state index < -0.39 is 0 Å². The number of aromatic nitrogens is 1. The average Bonchev–Trinajstić information content (AvgIpc) is 2.61. The zero-order chi connectivity index (χ0) is 16.1. The lowest BCUT2D eigenvalue weighted by Crippen LogP contribution is -2.58. The Morgan fingerprint density at radius 1 is 1.61 bits per heavy atom. The minimum absolute atomic E-state index is 0.0465. The third-order valence-corrected chi connectivity index (χ3v) is 4.81. The van der Waals surface area contributed by atoms with Crippen molar-refractivity contribution >= 4 is 5.91 Å². The molecule has 5 heteroatoms. The van der Waals surface area contributed by atoms with Crippen molar-refractivity contribution < 1.29 is 14.3 Å². The van der Waals surface area contributed by atoms with Crippen molar-refractivity contribution in [1.29, 1.82) is 0 Å². The summed E-state index contributed by atoms with van der Waals surface area (Å²) in [6.07, 6.45) is 8.17. The third-order valence-electron chi connectivity index (χ3n) is 4.81. The van der Waals surface area contributed by atoms with Crippen LogP contribution in [0.3, 0.4) is 0 Å². The van der Waals surface area contributed by atoms with Crippen molar-refractivity contribution in [3.63, 3.8) is 0 Å². The quantitative estimate of drug-likeness (QED) is 0.618. The van der Waals surface area contributed by atoms with E-state index in [0.29, 0.717) is 25.3 Å². The summed E-state index contributed by atoms with van der Waals surface area (Å²) >= 11 is 0. The highest BCUT2D eigenvalue weighted by Gasteiger charge is 2.47. The average molecular weight is 316 g/mol. The molecule has 0 spiro atoms. The number of likely N-dealkylation sites (tertiary alicyclic amines) is 1. The molecule has 2 aliphatic heterocycles. The molecule has 1 amide bonds. The largest absolute Gasteiger partial charge is 0.377 e. The van der Waals surface area contributed by atoms with Crippen LogP contribution in [0.15, 0.2) is 37.2 Å². The van der Waals surface area contributed by atoms with Crippen LogP contribution in [-0.4, -0.2) is 54.8 Å². The molecular weight excluding hydrogens is 292 g/mol. The zero-order valence-electron chi connectivity index (χ0n) is 13.4. The van der Waals surface area contributed by atoms with Gasteiger partial charge in [-0.2, -0.15) is 0 Å². The number of hydrogen-bond acceptors (Lipinski definition) is 4. The Morgan fingerprint density at radius 2 is 2.52 bits per heavy atom. The number of carbonyl (C=O) groups excluding carboxylic acids is 1. The van der Waals surface area contributed by atoms with Crippen LogP contribution in [0.4, 0.5) is 0 Å². The molecule has 0 radical (unpaired) electrons. The molecule has 0 saturated carbocycles. The predicted molar refractivity (Wildman–Crippen MR) is 87.2 cm³/mol. The highest BCUT2D eigenvalue weighted by atomic mass is 16.5. The van der Waals surface area contributed by atoms with Gasteiger partial charge >= 0.3 is 0 Å². The molecule has 0 aromatic carbocycles. The molecule has 1 aromatic heterocycles. The Bertz CT molecular complexity index is 548. The Labute approximate surface area is 137 Å². The van der Waals surface area contributed by atoms with Crippen LogP contribution in [0.25, 0.3) is 0 Å². The first-order chi connectivity index (χ1) is 11.2. The molecule has 2 saturated heterocycles. The Morgan fingerprint density at radius 3 is 3.30 bits per heavy atom. The first-order valence-electron chi connectivity index (χ1n) is 8.25. The summed E-state index contributed by atoms with van der Waals surface area (Å²) in [5, 5.41) is 0. The van der Waals surface area contributed by atoms with E-state index in [1.807, 2.05) is 11.0 Å². The molecule has 0 N–H and O–H groups in total. The van der Waals surface area contributed by atoms with E-state index in [0.717, 1.165) is 32.4 Å². The van der Waals surface area contributed by atoms with Crippen LogP contribution in [0, 0.1) is 5.41 Å². The predicted octanol–water partition coefficient (Wildman–Crippen LogP) is 2.30. The summed E-state index contributed by atoms with van der Waals surface area (Å²) in [4.78, 5) is 18.7. The number of rotatable bonds is 5. The number of pyridine rings is 1. The fraction of sp³-hybridized carbons (Fsp3) is 0.556. The number of piperidine rings is 1. The molecule has 2 aliphatic rings. The normalized spacial score (nSPS) is 27.3. The number of ether oxygens (including phenoxy) is 2. The maximum Gasteiger partial charge on any atom is 0.255 e. The molecule has 5 nitrogen and oxygen atoms in total. The van der Waals surface area contributed by atoms with Crippen molar-refractivity contribution in [3.05, 3.63) is 42.7 Å². The van der Waals surface area contributed by atoms with E-state index in [1.54, 1.807) is 24.5 Å². The van der Waals surface area contributed by atoms with Gasteiger partial charge in [-0.1, -0.05) is 6.08 Å². The van der Waals surface area contributed by atoms with E-state index in [4.69, 9.17) is 9.47 Å². The van der Waals surface area contributed by atoms with Crippen molar-refractivity contribution in [1.82, 2.24) is 9.88 Å². The van der Waals surface area contributed by atoms with Crippen molar-refractivity contribution in [2.45, 2.75) is 25.4 Å². The van der Waals surface area contributed by atoms with Crippen LogP contribution < -0.4 is 0 Å². The topological polar surface area (TPSA) is 51.7 Å². The highest BCUT2D eigenvalue weighted by molar-refractivity contribution is 5.94. The monoisotopic (exact) mass is 316 g/mol. The van der Waals surface area contributed by atoms with Gasteiger partial charge in [0.15, 0.2) is 0 Å². The van der Waals surface area contributed by atoms with Gasteiger partial charge in [0.05, 0.1) is 24.9 Å². The van der Waals surface area contributed by atoms with E-state index in [1.165, 1.54) is 0 Å². The third kappa shape index (κ3) is 3.46. The lowest BCUT2D eigenvalue weighted by atomic mass is 9.73. The first-order valence-corrected chi connectivity index (χ1v) is 8.25. The number of fused-ring (bicyclic) bond motifs is 1. The number of hydrogen-bond donors (Lipinski definition) is 0. The van der Waals surface area contributed by atoms with Crippen molar-refractivity contribution in [2.75, 3.05) is 32.9 Å². The van der Waals surface area contributed by atoms with Gasteiger partial charge in [0.25, 0.3) is 5.91 Å². The lowest BCUT2D eigenvalue weighted by Gasteiger charge is -2.50. The second-order valence-electron chi connectivity index (χ2n) is 6.39. The maximum absolute atomic E-state index is 12.7. The van der Waals surface area contributed by atoms with Crippen LogP contribution in [0.1, 0.15) is 29.6 Å². The summed E-state index contributed by atoms with van der Waals surface area (Å²) in [5.74, 6) is 0.0465. The van der Waals surface area contributed by atoms with Crippen LogP contribution in [-0.2, 0) is 9.47 Å². The number of nitrogens with zero attached hydrogens (tertiary/aromatic N) is 2. The summed E-state index contributed by atoms with van der Waals surface area (Å²) in [6, 6.07) is 3.62. The molecule has 0 bridgehead atoms. The van der Waals surface area contributed by atoms with Gasteiger partial charge in [-0.15, -0.1) is 6.58 Å². The van der Waals surface area contributed by atoms with Gasteiger partial charge in [-0.25, -0.2) is 0 Å². The smallest absolute Gasteiger partial charge is 0.255 e. The Kier molecular flexibility index (Phi) is 5.08. The molecule has 0 unspecified atom stereocenters. The van der Waals surface area contributed by atoms with E-state index >= 15 is 0 Å². The van der Waals surface area contributed by atoms with Crippen molar-refractivity contribution in [3.8, 4) is 0 Å². The molecule has 124 valence electrons. The Hall–Kier alpha value is -1.72. The van der Waals surface area contributed by atoms with Crippen LogP contribution in [0.2, 0.25) is 0 Å². The summed E-state index contributed by atoms with van der Waals surface area (Å²) < 4.78 is 11.8. The molecule has 23 heavy (non-hydrogen) atoms. The Balaban J connectivity index is 1.75. The van der Waals surface area contributed by atoms with Gasteiger partial charge < -0.3 is 14.4 Å². The van der Waals surface area contributed by atoms with E-state index in [9.17, 15) is 4.79 Å². The van der Waals surface area contributed by atoms with Gasteiger partial charge in [0.1, 0.15) is 0 Å². The molecule has 1 aromatic rings. The van der Waals surface area contributed by atoms with Crippen LogP contribution >= 0.6 is 0 Å². The summed E-state index contributed by atoms with van der Waals surface area (Å²) in [6.45, 7) is 7.06. The number of carbonyl (C=O) groups is 1. The van der Waals surface area contributed by atoms with Gasteiger partial charge in [-0.3, -0.25) is 9.78 Å². The highest BCUT2D eigenvalue weighted by Crippen LogP contribution is 2.40. The zero-order valence-corrected chi connectivity index (χ0v) is 13.4. The maximum atomic E-state index is 12.7. The molecule has 3 heterocycles. The lowest BCUT2D eigenvalue weighted by molar-refractivity contribution is -0.144. The fourth-order valence-electron chi connectivity index (χ4n) is 3.69. The SMILES string of the molecule is C=CCOC[C@]12CCCO[C@@H]1CCN(C(=O)c1cccnc1)C2. The van der Waals surface area contributed by atoms with E-state index in [-0.39, 0.29) is 17.4 Å². The molecule has 3 rings (SSSR count). The molecule has 2 atom stereocenters. The first kappa shape index (κ1) is 16.1. The standard InChI is InChI=1S/C18H24N2O3/c1-2-10-22-14-18-7-4-11-23-16(18)6-9-20(13-18)17(21)15-5-3-8-19-12-15/h2-3,5,8,12,16H,1,4,6-7,9-11,13-14H2/t16-,18-/m1/s1. The van der Waals surface area contributed by atoms with Gasteiger partial charge in [0.2, 0.25) is 0 Å². The second kappa shape index (κ2) is 7.23. The van der Waals surface area contributed by atoms with E-state index in [2.05, 4.69) is 11.6 Å². The minimum atomic E-state index is -0.0998. The number of amides is 1. The second-order valence-corrected chi connectivity index (χ2v) is 6.39. The fourth-order valence-corrected chi connectivity index (χ4v) is 3.69. The molecule has 2 fully saturated rings. The summed E-state index contributed by atoms with van der Waals surface area (Å²) in [5.41, 5.74) is 0.544. The van der Waals surface area contributed by atoms with Crippen LogP contribution in [0.5, 0.6) is 0 Å². The summed E-state index contributed by atoms with van der Waals surface area (Å²) in [7, 11) is 0. The minimum Gasteiger partial charge on any atom is -0.377 e. The van der Waals surface area contributed by atoms with Gasteiger partial charge in [-0.05, 0) is 31.4 Å². The molecule has 0 aliphatic carbocycles. The van der Waals surface area contributed by atoms with Gasteiger partial charge in [0, 0.05) is 37.5 Å². The molecular formula is C18H24N2O3. The van der Waals surface area contributed by atoms with Crippen molar-refractivity contribution in [2.24, 2.45) is 5.41 Å².